The van der Waals surface area contributed by atoms with E-state index in [1.54, 1.807) is 6.07 Å². The molecule has 1 aromatic rings. The average molecular weight is 251 g/mol. The Labute approximate surface area is 109 Å². The Bertz CT molecular complexity index is 354. The van der Waals surface area contributed by atoms with E-state index in [9.17, 15) is 4.39 Å². The molecule has 0 saturated carbocycles. The molecule has 0 fully saturated rings. The van der Waals surface area contributed by atoms with E-state index in [0.29, 0.717) is 13.2 Å². The van der Waals surface area contributed by atoms with Crippen LogP contribution >= 0.6 is 0 Å². The van der Waals surface area contributed by atoms with Crippen molar-refractivity contribution in [3.05, 3.63) is 48.3 Å². The molecule has 0 spiro atoms. The maximum Gasteiger partial charge on any atom is 0.127 e. The van der Waals surface area contributed by atoms with Crippen LogP contribution in [0.25, 0.3) is 0 Å². The van der Waals surface area contributed by atoms with Crippen molar-refractivity contribution in [2.24, 2.45) is 0 Å². The van der Waals surface area contributed by atoms with Crippen LogP contribution in [0.1, 0.15) is 31.4 Å². The third-order valence-corrected chi connectivity index (χ3v) is 2.79. The van der Waals surface area contributed by atoms with Gasteiger partial charge in [0, 0.05) is 18.2 Å². The summed E-state index contributed by atoms with van der Waals surface area (Å²) in [6.45, 7) is 7.74. The maximum absolute atomic E-state index is 13.6. The van der Waals surface area contributed by atoms with Gasteiger partial charge in [-0.25, -0.2) is 4.39 Å². The van der Waals surface area contributed by atoms with Gasteiger partial charge in [-0.3, -0.25) is 0 Å². The summed E-state index contributed by atoms with van der Waals surface area (Å²) >= 11 is 0. The highest BCUT2D eigenvalue weighted by Gasteiger charge is 2.12. The normalized spacial score (nSPS) is 12.3. The first-order valence-corrected chi connectivity index (χ1v) is 6.46. The summed E-state index contributed by atoms with van der Waals surface area (Å²) in [5, 5.41) is 3.31. The largest absolute Gasteiger partial charge is 0.380 e. The number of halogens is 1. The van der Waals surface area contributed by atoms with E-state index in [1.165, 1.54) is 6.07 Å². The first kappa shape index (κ1) is 14.9. The topological polar surface area (TPSA) is 21.3 Å². The molecule has 1 N–H and O–H groups in total. The zero-order chi connectivity index (χ0) is 13.2. The van der Waals surface area contributed by atoms with E-state index in [1.807, 2.05) is 25.1 Å². The zero-order valence-electron chi connectivity index (χ0n) is 11.0. The van der Waals surface area contributed by atoms with E-state index >= 15 is 0 Å². The Morgan fingerprint density at radius 3 is 2.83 bits per heavy atom. The maximum atomic E-state index is 13.6. The summed E-state index contributed by atoms with van der Waals surface area (Å²) in [7, 11) is 0. The fourth-order valence-corrected chi connectivity index (χ4v) is 1.81. The number of nitrogens with one attached hydrogen (secondary N) is 1. The summed E-state index contributed by atoms with van der Waals surface area (Å²) in [6.07, 6.45) is 3.56. The second kappa shape index (κ2) is 8.84. The molecule has 0 bridgehead atoms. The molecule has 2 nitrogen and oxygen atoms in total. The fourth-order valence-electron chi connectivity index (χ4n) is 1.81. The summed E-state index contributed by atoms with van der Waals surface area (Å²) in [4.78, 5) is 0. The van der Waals surface area contributed by atoms with Crippen molar-refractivity contribution in [3.63, 3.8) is 0 Å². The molecule has 0 aliphatic carbocycles. The molecule has 0 radical (unpaired) electrons. The Morgan fingerprint density at radius 2 is 2.17 bits per heavy atom. The number of hydrogen-bond donors (Lipinski definition) is 1. The van der Waals surface area contributed by atoms with Crippen LogP contribution in [-0.2, 0) is 4.74 Å². The SMILES string of the molecule is C=CCCOCCNC(CC)c1ccccc1F. The Hall–Kier alpha value is -1.19. The van der Waals surface area contributed by atoms with Gasteiger partial charge in [0.2, 0.25) is 0 Å². The number of rotatable bonds is 9. The van der Waals surface area contributed by atoms with Crippen LogP contribution in [-0.4, -0.2) is 19.8 Å². The third kappa shape index (κ3) is 4.98. The van der Waals surface area contributed by atoms with Crippen LogP contribution in [0.3, 0.4) is 0 Å². The lowest BCUT2D eigenvalue weighted by Crippen LogP contribution is -2.25. The standard InChI is InChI=1S/C15H22FNO/c1-3-5-11-18-12-10-17-15(4-2)13-8-6-7-9-14(13)16/h3,6-9,15,17H,1,4-5,10-12H2,2H3. The smallest absolute Gasteiger partial charge is 0.127 e. The van der Waals surface area contributed by atoms with Crippen LogP contribution in [0, 0.1) is 5.82 Å². The van der Waals surface area contributed by atoms with Gasteiger partial charge < -0.3 is 10.1 Å². The lowest BCUT2D eigenvalue weighted by atomic mass is 10.0. The second-order valence-electron chi connectivity index (χ2n) is 4.13. The van der Waals surface area contributed by atoms with Crippen LogP contribution in [0.4, 0.5) is 4.39 Å². The van der Waals surface area contributed by atoms with E-state index in [-0.39, 0.29) is 11.9 Å². The van der Waals surface area contributed by atoms with E-state index in [4.69, 9.17) is 4.74 Å². The van der Waals surface area contributed by atoms with Gasteiger partial charge in [0.1, 0.15) is 5.82 Å². The van der Waals surface area contributed by atoms with Crippen LogP contribution < -0.4 is 5.32 Å². The van der Waals surface area contributed by atoms with Crippen molar-refractivity contribution in [3.8, 4) is 0 Å². The van der Waals surface area contributed by atoms with Crippen molar-refractivity contribution >= 4 is 0 Å². The molecule has 1 rings (SSSR count). The minimum atomic E-state index is -0.149. The molecule has 1 atom stereocenters. The van der Waals surface area contributed by atoms with Gasteiger partial charge in [0.25, 0.3) is 0 Å². The first-order chi connectivity index (χ1) is 8.79. The van der Waals surface area contributed by atoms with Crippen molar-refractivity contribution in [1.82, 2.24) is 5.32 Å². The van der Waals surface area contributed by atoms with E-state index in [0.717, 1.165) is 24.9 Å². The third-order valence-electron chi connectivity index (χ3n) is 2.79. The highest BCUT2D eigenvalue weighted by Crippen LogP contribution is 2.19. The molecule has 0 aliphatic heterocycles. The summed E-state index contributed by atoms with van der Waals surface area (Å²) in [6, 6.07) is 6.96. The highest BCUT2D eigenvalue weighted by atomic mass is 19.1. The predicted octanol–water partition coefficient (Wildman–Crippen LogP) is 3.46. The molecule has 100 valence electrons. The van der Waals surface area contributed by atoms with Crippen molar-refractivity contribution in [1.29, 1.82) is 0 Å². The molecule has 0 aromatic heterocycles. The summed E-state index contributed by atoms with van der Waals surface area (Å²) in [5.74, 6) is -0.149. The molecule has 1 aromatic carbocycles. The van der Waals surface area contributed by atoms with Gasteiger partial charge in [0.05, 0.1) is 13.2 Å². The zero-order valence-corrected chi connectivity index (χ0v) is 11.0. The van der Waals surface area contributed by atoms with Gasteiger partial charge in [-0.15, -0.1) is 6.58 Å². The molecular weight excluding hydrogens is 229 g/mol. The average Bonchev–Trinajstić information content (AvgIpc) is 2.39. The number of hydrogen-bond acceptors (Lipinski definition) is 2. The minimum Gasteiger partial charge on any atom is -0.380 e. The molecule has 0 saturated heterocycles. The highest BCUT2D eigenvalue weighted by molar-refractivity contribution is 5.20. The fraction of sp³-hybridized carbons (Fsp3) is 0.467. The van der Waals surface area contributed by atoms with Crippen molar-refractivity contribution in [2.45, 2.75) is 25.8 Å². The van der Waals surface area contributed by atoms with Crippen LogP contribution in [0.2, 0.25) is 0 Å². The van der Waals surface area contributed by atoms with Gasteiger partial charge in [-0.2, -0.15) is 0 Å². The molecule has 3 heteroatoms. The minimum absolute atomic E-state index is 0.0502. The van der Waals surface area contributed by atoms with E-state index < -0.39 is 0 Å². The Morgan fingerprint density at radius 1 is 1.39 bits per heavy atom. The number of ether oxygens (including phenoxy) is 1. The summed E-state index contributed by atoms with van der Waals surface area (Å²) < 4.78 is 19.0. The molecular formula is C15H22FNO. The van der Waals surface area contributed by atoms with Crippen molar-refractivity contribution in [2.75, 3.05) is 19.8 Å². The molecule has 0 aliphatic rings. The Kier molecular flexibility index (Phi) is 7.30. The second-order valence-corrected chi connectivity index (χ2v) is 4.13. The lowest BCUT2D eigenvalue weighted by Gasteiger charge is -2.18. The van der Waals surface area contributed by atoms with Gasteiger partial charge in [-0.1, -0.05) is 31.2 Å². The molecule has 0 amide bonds. The number of benzene rings is 1. The van der Waals surface area contributed by atoms with Gasteiger partial charge in [-0.05, 0) is 18.9 Å². The van der Waals surface area contributed by atoms with Gasteiger partial charge >= 0.3 is 0 Å². The Balaban J connectivity index is 2.34. The predicted molar refractivity (Wildman–Crippen MR) is 73.1 cm³/mol. The van der Waals surface area contributed by atoms with Crippen LogP contribution in [0.15, 0.2) is 36.9 Å². The molecule has 1 unspecified atom stereocenters. The summed E-state index contributed by atoms with van der Waals surface area (Å²) in [5.41, 5.74) is 0.728. The van der Waals surface area contributed by atoms with Crippen molar-refractivity contribution < 1.29 is 9.13 Å². The van der Waals surface area contributed by atoms with Crippen LogP contribution in [0.5, 0.6) is 0 Å². The van der Waals surface area contributed by atoms with E-state index in [2.05, 4.69) is 11.9 Å². The molecule has 0 heterocycles. The van der Waals surface area contributed by atoms with Gasteiger partial charge in [0.15, 0.2) is 0 Å². The quantitative estimate of drug-likeness (QED) is 0.536. The first-order valence-electron chi connectivity index (χ1n) is 6.46. The monoisotopic (exact) mass is 251 g/mol. The molecule has 18 heavy (non-hydrogen) atoms. The lowest BCUT2D eigenvalue weighted by molar-refractivity contribution is 0.138.